The zero-order chi connectivity index (χ0) is 19.6. The largest absolute Gasteiger partial charge is 0.417 e. The monoisotopic (exact) mass is 367 g/mol. The van der Waals surface area contributed by atoms with Crippen LogP contribution in [0.5, 0.6) is 0 Å². The van der Waals surface area contributed by atoms with Crippen molar-refractivity contribution in [3.8, 4) is 0 Å². The Balaban J connectivity index is 1.74. The summed E-state index contributed by atoms with van der Waals surface area (Å²) in [7, 11) is 0. The summed E-state index contributed by atoms with van der Waals surface area (Å²) in [5, 5.41) is 5.56. The van der Waals surface area contributed by atoms with Crippen LogP contribution in [0.1, 0.15) is 29.8 Å². The van der Waals surface area contributed by atoms with Crippen LogP contribution in [-0.2, 0) is 4.79 Å². The van der Waals surface area contributed by atoms with Gasteiger partial charge in [0.2, 0.25) is 5.91 Å². The number of aryl methyl sites for hydroxylation is 1. The maximum atomic E-state index is 12.7. The van der Waals surface area contributed by atoms with Gasteiger partial charge in [-0.05, 0) is 43.2 Å². The number of oxazole rings is 1. The fourth-order valence-corrected chi connectivity index (χ4v) is 2.71. The number of aromatic amines is 1. The lowest BCUT2D eigenvalue weighted by Gasteiger charge is -2.22. The topological polar surface area (TPSA) is 104 Å². The van der Waals surface area contributed by atoms with Crippen LogP contribution >= 0.6 is 0 Å². The van der Waals surface area contributed by atoms with Crippen molar-refractivity contribution >= 4 is 28.6 Å². The number of fused-ring (bicyclic) bond motifs is 1. The molecule has 27 heavy (non-hydrogen) atoms. The maximum Gasteiger partial charge on any atom is 0.417 e. The molecule has 140 valence electrons. The van der Waals surface area contributed by atoms with E-state index in [9.17, 15) is 14.4 Å². The molecule has 3 N–H and O–H groups in total. The van der Waals surface area contributed by atoms with E-state index in [2.05, 4.69) is 15.6 Å². The molecule has 2 amide bonds. The molecule has 3 aromatic rings. The number of hydrogen-bond donors (Lipinski definition) is 3. The normalized spacial score (nSPS) is 12.1. The van der Waals surface area contributed by atoms with Crippen molar-refractivity contribution in [2.75, 3.05) is 5.32 Å². The minimum Gasteiger partial charge on any atom is -0.408 e. The summed E-state index contributed by atoms with van der Waals surface area (Å²) in [6.45, 7) is 5.66. The second-order valence-electron chi connectivity index (χ2n) is 6.78. The number of amides is 2. The summed E-state index contributed by atoms with van der Waals surface area (Å²) < 4.78 is 4.94. The molecule has 0 aliphatic carbocycles. The van der Waals surface area contributed by atoms with Gasteiger partial charge < -0.3 is 15.1 Å². The number of carbonyl (C=O) groups excluding carboxylic acids is 2. The van der Waals surface area contributed by atoms with Crippen LogP contribution in [0.15, 0.2) is 51.7 Å². The number of anilines is 1. The third-order valence-electron chi connectivity index (χ3n) is 4.24. The standard InChI is InChI=1S/C20H21N3O4/c1-11(2)17(23-18(24)13-6-4-12(3)5-7-13)19(25)21-14-8-9-16-15(10-14)22-20(26)27-16/h4-11,17H,1-3H3,(H,21,25)(H,22,26)(H,23,24). The van der Waals surface area contributed by atoms with Crippen molar-refractivity contribution in [2.45, 2.75) is 26.8 Å². The van der Waals surface area contributed by atoms with E-state index < -0.39 is 11.8 Å². The molecular weight excluding hydrogens is 346 g/mol. The van der Waals surface area contributed by atoms with E-state index in [0.717, 1.165) is 5.56 Å². The zero-order valence-corrected chi connectivity index (χ0v) is 15.3. The van der Waals surface area contributed by atoms with E-state index >= 15 is 0 Å². The van der Waals surface area contributed by atoms with Crippen molar-refractivity contribution in [3.05, 3.63) is 64.1 Å². The maximum absolute atomic E-state index is 12.7. The predicted molar refractivity (Wildman–Crippen MR) is 103 cm³/mol. The van der Waals surface area contributed by atoms with Gasteiger partial charge in [-0.2, -0.15) is 0 Å². The summed E-state index contributed by atoms with van der Waals surface area (Å²) in [5.74, 6) is -1.31. The average molecular weight is 367 g/mol. The van der Waals surface area contributed by atoms with E-state index in [-0.39, 0.29) is 17.7 Å². The first kappa shape index (κ1) is 18.4. The van der Waals surface area contributed by atoms with Gasteiger partial charge in [0.15, 0.2) is 5.58 Å². The molecular formula is C20H21N3O4. The molecule has 0 saturated carbocycles. The second kappa shape index (κ2) is 7.49. The molecule has 1 aromatic heterocycles. The lowest BCUT2D eigenvalue weighted by molar-refractivity contribution is -0.118. The number of benzene rings is 2. The molecule has 1 unspecified atom stereocenters. The summed E-state index contributed by atoms with van der Waals surface area (Å²) >= 11 is 0. The van der Waals surface area contributed by atoms with Crippen LogP contribution in [0.2, 0.25) is 0 Å². The fraction of sp³-hybridized carbons (Fsp3) is 0.250. The first-order chi connectivity index (χ1) is 12.8. The summed E-state index contributed by atoms with van der Waals surface area (Å²) in [6.07, 6.45) is 0. The van der Waals surface area contributed by atoms with Crippen LogP contribution in [0.25, 0.3) is 11.1 Å². The Kier molecular flexibility index (Phi) is 5.12. The fourth-order valence-electron chi connectivity index (χ4n) is 2.71. The van der Waals surface area contributed by atoms with Gasteiger partial charge in [-0.3, -0.25) is 14.6 Å². The Morgan fingerprint density at radius 2 is 1.78 bits per heavy atom. The number of hydrogen-bond acceptors (Lipinski definition) is 4. The average Bonchev–Trinajstić information content (AvgIpc) is 2.99. The molecule has 7 nitrogen and oxygen atoms in total. The first-order valence-electron chi connectivity index (χ1n) is 8.65. The lowest BCUT2D eigenvalue weighted by Crippen LogP contribution is -2.47. The highest BCUT2D eigenvalue weighted by Gasteiger charge is 2.25. The van der Waals surface area contributed by atoms with E-state index in [1.807, 2.05) is 32.9 Å². The van der Waals surface area contributed by atoms with Gasteiger partial charge in [0.05, 0.1) is 5.52 Å². The SMILES string of the molecule is Cc1ccc(C(=O)NC(C(=O)Nc2ccc3oc(=O)[nH]c3c2)C(C)C)cc1. The third kappa shape index (κ3) is 4.25. The van der Waals surface area contributed by atoms with E-state index in [1.54, 1.807) is 30.3 Å². The van der Waals surface area contributed by atoms with E-state index in [0.29, 0.717) is 22.4 Å². The van der Waals surface area contributed by atoms with Crippen molar-refractivity contribution in [2.24, 2.45) is 5.92 Å². The number of nitrogens with one attached hydrogen (secondary N) is 3. The molecule has 7 heteroatoms. The minimum atomic E-state index is -0.710. The number of H-pyrrole nitrogens is 1. The van der Waals surface area contributed by atoms with Crippen molar-refractivity contribution < 1.29 is 14.0 Å². The molecule has 0 fully saturated rings. The Morgan fingerprint density at radius 3 is 2.44 bits per heavy atom. The van der Waals surface area contributed by atoms with Crippen LogP contribution in [0.4, 0.5) is 5.69 Å². The molecule has 1 heterocycles. The summed E-state index contributed by atoms with van der Waals surface area (Å²) in [5.41, 5.74) is 2.95. The Morgan fingerprint density at radius 1 is 1.07 bits per heavy atom. The van der Waals surface area contributed by atoms with Gasteiger partial charge in [0, 0.05) is 11.3 Å². The Hall–Kier alpha value is -3.35. The van der Waals surface area contributed by atoms with Crippen LogP contribution in [0, 0.1) is 12.8 Å². The lowest BCUT2D eigenvalue weighted by atomic mass is 10.0. The molecule has 1 atom stereocenters. The van der Waals surface area contributed by atoms with E-state index in [4.69, 9.17) is 4.42 Å². The van der Waals surface area contributed by atoms with Gasteiger partial charge in [-0.25, -0.2) is 4.79 Å². The Bertz CT molecular complexity index is 1030. The van der Waals surface area contributed by atoms with Crippen LogP contribution in [0.3, 0.4) is 0 Å². The molecule has 0 radical (unpaired) electrons. The third-order valence-corrected chi connectivity index (χ3v) is 4.24. The van der Waals surface area contributed by atoms with Crippen molar-refractivity contribution in [1.29, 1.82) is 0 Å². The molecule has 0 spiro atoms. The molecule has 0 aliphatic heterocycles. The quantitative estimate of drug-likeness (QED) is 0.645. The van der Waals surface area contributed by atoms with Gasteiger partial charge in [-0.15, -0.1) is 0 Å². The summed E-state index contributed by atoms with van der Waals surface area (Å²) in [4.78, 5) is 38.9. The highest BCUT2D eigenvalue weighted by atomic mass is 16.4. The molecule has 0 saturated heterocycles. The van der Waals surface area contributed by atoms with Gasteiger partial charge in [0.1, 0.15) is 6.04 Å². The highest BCUT2D eigenvalue weighted by molar-refractivity contribution is 6.01. The number of aromatic nitrogens is 1. The molecule has 3 rings (SSSR count). The smallest absolute Gasteiger partial charge is 0.408 e. The van der Waals surface area contributed by atoms with Gasteiger partial charge >= 0.3 is 5.76 Å². The Labute approximate surface area is 155 Å². The molecule has 2 aromatic carbocycles. The number of carbonyl (C=O) groups is 2. The van der Waals surface area contributed by atoms with Crippen molar-refractivity contribution in [3.63, 3.8) is 0 Å². The van der Waals surface area contributed by atoms with Crippen LogP contribution in [-0.4, -0.2) is 22.8 Å². The zero-order valence-electron chi connectivity index (χ0n) is 15.3. The van der Waals surface area contributed by atoms with Crippen LogP contribution < -0.4 is 16.4 Å². The minimum absolute atomic E-state index is 0.114. The van der Waals surface area contributed by atoms with E-state index in [1.165, 1.54) is 0 Å². The van der Waals surface area contributed by atoms with Crippen molar-refractivity contribution in [1.82, 2.24) is 10.3 Å². The summed E-state index contributed by atoms with van der Waals surface area (Å²) in [6, 6.07) is 11.3. The molecule has 0 bridgehead atoms. The second-order valence-corrected chi connectivity index (χ2v) is 6.78. The number of rotatable bonds is 5. The van der Waals surface area contributed by atoms with Gasteiger partial charge in [-0.1, -0.05) is 31.5 Å². The predicted octanol–water partition coefficient (Wildman–Crippen LogP) is 2.82. The first-order valence-corrected chi connectivity index (χ1v) is 8.65. The highest BCUT2D eigenvalue weighted by Crippen LogP contribution is 2.17. The van der Waals surface area contributed by atoms with Gasteiger partial charge in [0.25, 0.3) is 5.91 Å². The molecule has 0 aliphatic rings.